The Hall–Kier alpha value is -0.180. The SMILES string of the molecule is COC(=O)C1(CSC)CCCC1. The normalized spacial score (nSPS) is 20.8. The maximum Gasteiger partial charge on any atom is 0.312 e. The fraction of sp³-hybridized carbons (Fsp3) is 0.889. The summed E-state index contributed by atoms with van der Waals surface area (Å²) in [7, 11) is 1.49. The first-order valence-electron chi connectivity index (χ1n) is 4.32. The second-order valence-corrected chi connectivity index (χ2v) is 4.28. The minimum atomic E-state index is -0.145. The molecule has 1 rings (SSSR count). The van der Waals surface area contributed by atoms with Crippen LogP contribution in [-0.4, -0.2) is 25.1 Å². The topological polar surface area (TPSA) is 26.3 Å². The van der Waals surface area contributed by atoms with Crippen LogP contribution in [-0.2, 0) is 9.53 Å². The number of carbonyl (C=O) groups is 1. The second kappa shape index (κ2) is 4.17. The monoisotopic (exact) mass is 188 g/mol. The summed E-state index contributed by atoms with van der Waals surface area (Å²) in [5.74, 6) is 0.911. The lowest BCUT2D eigenvalue weighted by molar-refractivity contribution is -0.151. The molecule has 0 heterocycles. The largest absolute Gasteiger partial charge is 0.469 e. The van der Waals surface area contributed by atoms with Crippen molar-refractivity contribution in [2.45, 2.75) is 25.7 Å². The molecule has 1 aliphatic rings. The number of rotatable bonds is 3. The standard InChI is InChI=1S/C9H16O2S/c1-11-8(10)9(7-12-2)5-3-4-6-9/h3-7H2,1-2H3. The molecule has 0 N–H and O–H groups in total. The zero-order valence-corrected chi connectivity index (χ0v) is 8.58. The molecular weight excluding hydrogens is 172 g/mol. The van der Waals surface area contributed by atoms with E-state index in [2.05, 4.69) is 0 Å². The summed E-state index contributed by atoms with van der Waals surface area (Å²) < 4.78 is 4.84. The van der Waals surface area contributed by atoms with Gasteiger partial charge in [-0.2, -0.15) is 11.8 Å². The van der Waals surface area contributed by atoms with E-state index in [1.165, 1.54) is 20.0 Å². The molecule has 0 amide bonds. The van der Waals surface area contributed by atoms with E-state index >= 15 is 0 Å². The molecule has 0 spiro atoms. The molecule has 0 aromatic heterocycles. The number of ether oxygens (including phenoxy) is 1. The van der Waals surface area contributed by atoms with Crippen LogP contribution in [0.15, 0.2) is 0 Å². The zero-order chi connectivity index (χ0) is 9.03. The van der Waals surface area contributed by atoms with E-state index in [4.69, 9.17) is 4.74 Å². The summed E-state index contributed by atoms with van der Waals surface area (Å²) in [5, 5.41) is 0. The zero-order valence-electron chi connectivity index (χ0n) is 7.76. The second-order valence-electron chi connectivity index (χ2n) is 3.41. The van der Waals surface area contributed by atoms with Gasteiger partial charge >= 0.3 is 5.97 Å². The molecule has 2 nitrogen and oxygen atoms in total. The summed E-state index contributed by atoms with van der Waals surface area (Å²) in [4.78, 5) is 11.5. The Morgan fingerprint density at radius 2 is 2.08 bits per heavy atom. The van der Waals surface area contributed by atoms with Crippen LogP contribution in [0.2, 0.25) is 0 Å². The minimum Gasteiger partial charge on any atom is -0.469 e. The van der Waals surface area contributed by atoms with Gasteiger partial charge in [-0.05, 0) is 19.1 Å². The van der Waals surface area contributed by atoms with Gasteiger partial charge in [0, 0.05) is 5.75 Å². The lowest BCUT2D eigenvalue weighted by Crippen LogP contribution is -2.31. The highest BCUT2D eigenvalue weighted by Crippen LogP contribution is 2.41. The predicted octanol–water partition coefficient (Wildman–Crippen LogP) is 2.08. The fourth-order valence-corrected chi connectivity index (χ4v) is 2.91. The van der Waals surface area contributed by atoms with E-state index in [0.717, 1.165) is 18.6 Å². The first kappa shape index (κ1) is 9.90. The van der Waals surface area contributed by atoms with Gasteiger partial charge in [0.25, 0.3) is 0 Å². The van der Waals surface area contributed by atoms with Crippen molar-refractivity contribution in [2.24, 2.45) is 5.41 Å². The summed E-state index contributed by atoms with van der Waals surface area (Å²) in [6.07, 6.45) is 6.43. The van der Waals surface area contributed by atoms with Gasteiger partial charge in [0.05, 0.1) is 12.5 Å². The molecule has 0 saturated heterocycles. The van der Waals surface area contributed by atoms with Gasteiger partial charge in [-0.3, -0.25) is 4.79 Å². The van der Waals surface area contributed by atoms with Crippen molar-refractivity contribution in [1.82, 2.24) is 0 Å². The Balaban J connectivity index is 2.64. The molecule has 0 aliphatic heterocycles. The van der Waals surface area contributed by atoms with Crippen LogP contribution in [0.5, 0.6) is 0 Å². The van der Waals surface area contributed by atoms with Crippen LogP contribution < -0.4 is 0 Å². The van der Waals surface area contributed by atoms with Crippen LogP contribution in [0.1, 0.15) is 25.7 Å². The van der Waals surface area contributed by atoms with E-state index in [1.807, 2.05) is 6.26 Å². The van der Waals surface area contributed by atoms with Crippen molar-refractivity contribution in [1.29, 1.82) is 0 Å². The molecule has 1 fully saturated rings. The van der Waals surface area contributed by atoms with Crippen molar-refractivity contribution < 1.29 is 9.53 Å². The first-order valence-corrected chi connectivity index (χ1v) is 5.72. The van der Waals surface area contributed by atoms with Crippen molar-refractivity contribution in [2.75, 3.05) is 19.1 Å². The van der Waals surface area contributed by atoms with Crippen LogP contribution >= 0.6 is 11.8 Å². The minimum absolute atomic E-state index is 0.00523. The van der Waals surface area contributed by atoms with Crippen molar-refractivity contribution in [3.8, 4) is 0 Å². The third-order valence-corrected chi connectivity index (χ3v) is 3.44. The molecule has 0 aromatic rings. The highest BCUT2D eigenvalue weighted by molar-refractivity contribution is 7.98. The number of thioether (sulfide) groups is 1. The van der Waals surface area contributed by atoms with Crippen LogP contribution in [0.3, 0.4) is 0 Å². The Bertz CT molecular complexity index is 162. The molecule has 0 atom stereocenters. The predicted molar refractivity (Wildman–Crippen MR) is 51.3 cm³/mol. The Kier molecular flexibility index (Phi) is 3.44. The van der Waals surface area contributed by atoms with Gasteiger partial charge in [0.2, 0.25) is 0 Å². The Labute approximate surface area is 78.1 Å². The third kappa shape index (κ3) is 1.76. The number of methoxy groups -OCH3 is 1. The van der Waals surface area contributed by atoms with Crippen LogP contribution in [0.4, 0.5) is 0 Å². The van der Waals surface area contributed by atoms with E-state index in [1.54, 1.807) is 11.8 Å². The van der Waals surface area contributed by atoms with Crippen molar-refractivity contribution >= 4 is 17.7 Å². The smallest absolute Gasteiger partial charge is 0.312 e. The molecule has 0 unspecified atom stereocenters. The molecule has 0 bridgehead atoms. The average molecular weight is 188 g/mol. The lowest BCUT2D eigenvalue weighted by atomic mass is 9.89. The highest BCUT2D eigenvalue weighted by Gasteiger charge is 2.41. The molecule has 1 saturated carbocycles. The van der Waals surface area contributed by atoms with Gasteiger partial charge in [-0.15, -0.1) is 0 Å². The maximum absolute atomic E-state index is 11.5. The molecular formula is C9H16O2S. The number of hydrogen-bond acceptors (Lipinski definition) is 3. The Morgan fingerprint density at radius 1 is 1.50 bits per heavy atom. The van der Waals surface area contributed by atoms with E-state index < -0.39 is 0 Å². The number of carbonyl (C=O) groups excluding carboxylic acids is 1. The fourth-order valence-electron chi connectivity index (χ4n) is 1.95. The summed E-state index contributed by atoms with van der Waals surface area (Å²) in [6, 6.07) is 0. The van der Waals surface area contributed by atoms with Gasteiger partial charge in [0.1, 0.15) is 0 Å². The van der Waals surface area contributed by atoms with Gasteiger partial charge in [-0.1, -0.05) is 12.8 Å². The molecule has 0 aromatic carbocycles. The average Bonchev–Trinajstić information content (AvgIpc) is 2.53. The third-order valence-electron chi connectivity index (χ3n) is 2.60. The lowest BCUT2D eigenvalue weighted by Gasteiger charge is -2.24. The number of esters is 1. The van der Waals surface area contributed by atoms with Gasteiger partial charge in [0.15, 0.2) is 0 Å². The van der Waals surface area contributed by atoms with Gasteiger partial charge in [-0.25, -0.2) is 0 Å². The number of hydrogen-bond donors (Lipinski definition) is 0. The maximum atomic E-state index is 11.5. The van der Waals surface area contributed by atoms with E-state index in [9.17, 15) is 4.79 Å². The van der Waals surface area contributed by atoms with Crippen LogP contribution in [0.25, 0.3) is 0 Å². The quantitative estimate of drug-likeness (QED) is 0.634. The first-order chi connectivity index (χ1) is 5.75. The molecule has 1 aliphatic carbocycles. The molecule has 3 heteroatoms. The summed E-state index contributed by atoms with van der Waals surface area (Å²) >= 11 is 1.74. The summed E-state index contributed by atoms with van der Waals surface area (Å²) in [6.45, 7) is 0. The van der Waals surface area contributed by atoms with Crippen molar-refractivity contribution in [3.63, 3.8) is 0 Å². The molecule has 70 valence electrons. The summed E-state index contributed by atoms with van der Waals surface area (Å²) in [5.41, 5.74) is -0.145. The van der Waals surface area contributed by atoms with E-state index in [-0.39, 0.29) is 11.4 Å². The Morgan fingerprint density at radius 3 is 2.50 bits per heavy atom. The molecule has 12 heavy (non-hydrogen) atoms. The van der Waals surface area contributed by atoms with Crippen LogP contribution in [0, 0.1) is 5.41 Å². The van der Waals surface area contributed by atoms with Gasteiger partial charge < -0.3 is 4.74 Å². The highest BCUT2D eigenvalue weighted by atomic mass is 32.2. The van der Waals surface area contributed by atoms with Crippen molar-refractivity contribution in [3.05, 3.63) is 0 Å². The van der Waals surface area contributed by atoms with E-state index in [0.29, 0.717) is 0 Å². The molecule has 0 radical (unpaired) electrons.